The van der Waals surface area contributed by atoms with E-state index in [-0.39, 0.29) is 18.1 Å². The molecule has 0 radical (unpaired) electrons. The van der Waals surface area contributed by atoms with E-state index in [9.17, 15) is 4.79 Å². The van der Waals surface area contributed by atoms with E-state index < -0.39 is 0 Å². The second kappa shape index (κ2) is 6.74. The van der Waals surface area contributed by atoms with Crippen LogP contribution in [0.3, 0.4) is 0 Å². The van der Waals surface area contributed by atoms with Gasteiger partial charge in [0.25, 0.3) is 5.91 Å². The highest BCUT2D eigenvalue weighted by atomic mass is 16.5. The van der Waals surface area contributed by atoms with E-state index in [1.54, 1.807) is 30.8 Å². The molecule has 0 spiro atoms. The number of hydrogen-bond acceptors (Lipinski definition) is 4. The van der Waals surface area contributed by atoms with Crippen molar-refractivity contribution in [2.24, 2.45) is 0 Å². The average Bonchev–Trinajstić information content (AvgIpc) is 3.04. The maximum Gasteiger partial charge on any atom is 0.252 e. The van der Waals surface area contributed by atoms with Crippen molar-refractivity contribution in [2.45, 2.75) is 32.9 Å². The molecule has 5 heteroatoms. The molecular formula is C19H20N2O3. The molecule has 0 bridgehead atoms. The zero-order chi connectivity index (χ0) is 17.1. The number of aromatic nitrogens is 1. The molecule has 0 aliphatic rings. The Balaban J connectivity index is 1.86. The van der Waals surface area contributed by atoms with Gasteiger partial charge in [0.05, 0.1) is 23.8 Å². The molecule has 0 fully saturated rings. The lowest BCUT2D eigenvalue weighted by atomic mass is 10.1. The van der Waals surface area contributed by atoms with Crippen LogP contribution in [-0.2, 0) is 0 Å². The van der Waals surface area contributed by atoms with Crippen LogP contribution < -0.4 is 10.1 Å². The molecule has 1 N–H and O–H groups in total. The molecule has 1 aromatic carbocycles. The number of carbonyl (C=O) groups is 1. The van der Waals surface area contributed by atoms with Crippen LogP contribution in [0.2, 0.25) is 0 Å². The Hall–Kier alpha value is -2.82. The largest absolute Gasteiger partial charge is 0.490 e. The number of rotatable bonds is 5. The van der Waals surface area contributed by atoms with Crippen molar-refractivity contribution in [3.8, 4) is 5.75 Å². The summed E-state index contributed by atoms with van der Waals surface area (Å²) in [6.07, 6.45) is 5.03. The van der Waals surface area contributed by atoms with Crippen LogP contribution in [0.15, 0.2) is 53.4 Å². The number of ether oxygens (including phenoxy) is 1. The van der Waals surface area contributed by atoms with Crippen LogP contribution in [0.5, 0.6) is 5.75 Å². The number of pyridine rings is 1. The Labute approximate surface area is 140 Å². The number of nitrogens with zero attached hydrogens (tertiary/aromatic N) is 1. The molecule has 0 unspecified atom stereocenters. The monoisotopic (exact) mass is 324 g/mol. The predicted octanol–water partition coefficient (Wildman–Crippen LogP) is 4.11. The van der Waals surface area contributed by atoms with Crippen molar-refractivity contribution < 1.29 is 13.9 Å². The van der Waals surface area contributed by atoms with Gasteiger partial charge in [-0.15, -0.1) is 0 Å². The molecule has 1 atom stereocenters. The molecule has 3 rings (SSSR count). The van der Waals surface area contributed by atoms with Crippen molar-refractivity contribution >= 4 is 16.9 Å². The van der Waals surface area contributed by atoms with Crippen LogP contribution in [0.1, 0.15) is 42.7 Å². The smallest absolute Gasteiger partial charge is 0.252 e. The van der Waals surface area contributed by atoms with E-state index >= 15 is 0 Å². The van der Waals surface area contributed by atoms with Gasteiger partial charge < -0.3 is 14.5 Å². The number of hydrogen-bond donors (Lipinski definition) is 1. The van der Waals surface area contributed by atoms with Crippen molar-refractivity contribution in [1.29, 1.82) is 0 Å². The van der Waals surface area contributed by atoms with Gasteiger partial charge in [0.2, 0.25) is 0 Å². The van der Waals surface area contributed by atoms with Gasteiger partial charge in [-0.3, -0.25) is 9.78 Å². The highest BCUT2D eigenvalue weighted by Gasteiger charge is 2.16. The van der Waals surface area contributed by atoms with Crippen LogP contribution in [0.4, 0.5) is 0 Å². The lowest BCUT2D eigenvalue weighted by Crippen LogP contribution is -2.26. The van der Waals surface area contributed by atoms with E-state index in [0.717, 1.165) is 10.9 Å². The fourth-order valence-corrected chi connectivity index (χ4v) is 2.54. The molecular weight excluding hydrogens is 304 g/mol. The third-order valence-corrected chi connectivity index (χ3v) is 3.71. The SMILES string of the molecule is CC(C)Oc1cc(C(=O)N[C@H](C)c2ccncc2)cc2occc12. The molecule has 0 aliphatic heterocycles. The van der Waals surface area contributed by atoms with Gasteiger partial charge in [-0.1, -0.05) is 0 Å². The third kappa shape index (κ3) is 3.40. The number of fused-ring (bicyclic) bond motifs is 1. The molecule has 24 heavy (non-hydrogen) atoms. The minimum absolute atomic E-state index is 0.0113. The summed E-state index contributed by atoms with van der Waals surface area (Å²) in [7, 11) is 0. The topological polar surface area (TPSA) is 64.4 Å². The molecule has 1 amide bonds. The first-order valence-electron chi connectivity index (χ1n) is 7.93. The summed E-state index contributed by atoms with van der Waals surface area (Å²) in [5, 5.41) is 3.85. The fraction of sp³-hybridized carbons (Fsp3) is 0.263. The van der Waals surface area contributed by atoms with Crippen LogP contribution in [0.25, 0.3) is 11.0 Å². The first-order chi connectivity index (χ1) is 11.5. The van der Waals surface area contributed by atoms with Gasteiger partial charge in [-0.2, -0.15) is 0 Å². The number of benzene rings is 1. The van der Waals surface area contributed by atoms with E-state index in [1.807, 2.05) is 39.0 Å². The quantitative estimate of drug-likeness (QED) is 0.767. The molecule has 2 aromatic heterocycles. The standard InChI is InChI=1S/C19H20N2O3/c1-12(2)24-18-11-15(10-17-16(18)6-9-23-17)19(22)21-13(3)14-4-7-20-8-5-14/h4-13H,1-3H3,(H,21,22)/t13-/m1/s1. The lowest BCUT2D eigenvalue weighted by molar-refractivity contribution is 0.0939. The van der Waals surface area contributed by atoms with Gasteiger partial charge in [-0.05, 0) is 56.7 Å². The summed E-state index contributed by atoms with van der Waals surface area (Å²) in [4.78, 5) is 16.6. The Morgan fingerprint density at radius 3 is 2.62 bits per heavy atom. The minimum Gasteiger partial charge on any atom is -0.490 e. The Kier molecular flexibility index (Phi) is 4.51. The summed E-state index contributed by atoms with van der Waals surface area (Å²) in [6, 6.07) is 8.97. The summed E-state index contributed by atoms with van der Waals surface area (Å²) < 4.78 is 11.3. The Bertz CT molecular complexity index is 840. The third-order valence-electron chi connectivity index (χ3n) is 3.71. The Morgan fingerprint density at radius 1 is 1.17 bits per heavy atom. The molecule has 0 aliphatic carbocycles. The summed E-state index contributed by atoms with van der Waals surface area (Å²) >= 11 is 0. The number of nitrogens with one attached hydrogen (secondary N) is 1. The highest BCUT2D eigenvalue weighted by Crippen LogP contribution is 2.29. The molecule has 5 nitrogen and oxygen atoms in total. The minimum atomic E-state index is -0.175. The van der Waals surface area contributed by atoms with Gasteiger partial charge >= 0.3 is 0 Å². The van der Waals surface area contributed by atoms with Crippen molar-refractivity contribution in [3.05, 3.63) is 60.1 Å². The predicted molar refractivity (Wildman–Crippen MR) is 92.1 cm³/mol. The summed E-state index contributed by atoms with van der Waals surface area (Å²) in [6.45, 7) is 5.83. The average molecular weight is 324 g/mol. The second-order valence-electron chi connectivity index (χ2n) is 5.95. The van der Waals surface area contributed by atoms with Crippen molar-refractivity contribution in [2.75, 3.05) is 0 Å². The fourth-order valence-electron chi connectivity index (χ4n) is 2.54. The van der Waals surface area contributed by atoms with Gasteiger partial charge in [0.1, 0.15) is 11.3 Å². The molecule has 124 valence electrons. The number of carbonyl (C=O) groups excluding carboxylic acids is 1. The maximum atomic E-state index is 12.6. The van der Waals surface area contributed by atoms with E-state index in [2.05, 4.69) is 10.3 Å². The number of furan rings is 1. The first-order valence-corrected chi connectivity index (χ1v) is 7.93. The summed E-state index contributed by atoms with van der Waals surface area (Å²) in [5.74, 6) is 0.476. The van der Waals surface area contributed by atoms with Crippen molar-refractivity contribution in [1.82, 2.24) is 10.3 Å². The van der Waals surface area contributed by atoms with Crippen LogP contribution >= 0.6 is 0 Å². The van der Waals surface area contributed by atoms with E-state index in [0.29, 0.717) is 16.9 Å². The van der Waals surface area contributed by atoms with E-state index in [1.165, 1.54) is 0 Å². The summed E-state index contributed by atoms with van der Waals surface area (Å²) in [5.41, 5.74) is 2.14. The van der Waals surface area contributed by atoms with Gasteiger partial charge in [0.15, 0.2) is 0 Å². The maximum absolute atomic E-state index is 12.6. The second-order valence-corrected chi connectivity index (χ2v) is 5.95. The molecule has 0 saturated carbocycles. The van der Waals surface area contributed by atoms with E-state index in [4.69, 9.17) is 9.15 Å². The zero-order valence-electron chi connectivity index (χ0n) is 13.9. The van der Waals surface area contributed by atoms with Crippen LogP contribution in [-0.4, -0.2) is 17.0 Å². The number of amides is 1. The molecule has 2 heterocycles. The molecule has 3 aromatic rings. The Morgan fingerprint density at radius 2 is 1.92 bits per heavy atom. The van der Waals surface area contributed by atoms with Gasteiger partial charge in [0, 0.05) is 18.0 Å². The first kappa shape index (κ1) is 16.1. The zero-order valence-corrected chi connectivity index (χ0v) is 13.9. The lowest BCUT2D eigenvalue weighted by Gasteiger charge is -2.15. The van der Waals surface area contributed by atoms with Gasteiger partial charge in [-0.25, -0.2) is 0 Å². The highest BCUT2D eigenvalue weighted by molar-refractivity contribution is 5.99. The van der Waals surface area contributed by atoms with Crippen molar-refractivity contribution in [3.63, 3.8) is 0 Å². The normalized spacial score (nSPS) is 12.3. The molecule has 0 saturated heterocycles. The van der Waals surface area contributed by atoms with Crippen LogP contribution in [0, 0.1) is 0 Å².